The molecule has 180 valence electrons. The number of anilines is 1. The van der Waals surface area contributed by atoms with Gasteiger partial charge in [-0.15, -0.1) is 10.2 Å². The van der Waals surface area contributed by atoms with Gasteiger partial charge in [0.15, 0.2) is 5.16 Å². The molecule has 3 aromatic rings. The highest BCUT2D eigenvalue weighted by Crippen LogP contribution is 2.29. The molecule has 0 radical (unpaired) electrons. The van der Waals surface area contributed by atoms with Crippen molar-refractivity contribution in [1.29, 1.82) is 0 Å². The lowest BCUT2D eigenvalue weighted by molar-refractivity contribution is -0.113. The van der Waals surface area contributed by atoms with Crippen LogP contribution < -0.4 is 14.8 Å². The molecule has 2 aromatic carbocycles. The van der Waals surface area contributed by atoms with Gasteiger partial charge in [-0.05, 0) is 43.6 Å². The Balaban J connectivity index is 1.47. The Morgan fingerprint density at radius 1 is 1.00 bits per heavy atom. The van der Waals surface area contributed by atoms with Gasteiger partial charge in [0.25, 0.3) is 0 Å². The summed E-state index contributed by atoms with van der Waals surface area (Å²) >= 11 is 1.39. The van der Waals surface area contributed by atoms with Crippen LogP contribution in [-0.4, -0.2) is 58.6 Å². The predicted molar refractivity (Wildman–Crippen MR) is 134 cm³/mol. The van der Waals surface area contributed by atoms with Crippen LogP contribution in [0.4, 0.5) is 5.69 Å². The molecule has 1 amide bonds. The van der Waals surface area contributed by atoms with Crippen molar-refractivity contribution in [3.05, 3.63) is 59.9 Å². The van der Waals surface area contributed by atoms with Gasteiger partial charge in [0.1, 0.15) is 17.3 Å². The highest BCUT2D eigenvalue weighted by Gasteiger charge is 2.19. The monoisotopic (exact) mass is 481 g/mol. The van der Waals surface area contributed by atoms with Crippen LogP contribution in [-0.2, 0) is 17.9 Å². The van der Waals surface area contributed by atoms with Crippen molar-refractivity contribution >= 4 is 23.4 Å². The van der Waals surface area contributed by atoms with Gasteiger partial charge >= 0.3 is 0 Å². The number of nitrogens with zero attached hydrogens (tertiary/aromatic N) is 4. The van der Waals surface area contributed by atoms with Gasteiger partial charge in [0.2, 0.25) is 5.91 Å². The topological polar surface area (TPSA) is 81.5 Å². The molecule has 0 atom stereocenters. The van der Waals surface area contributed by atoms with E-state index in [0.717, 1.165) is 30.6 Å². The van der Waals surface area contributed by atoms with Gasteiger partial charge in [-0.25, -0.2) is 0 Å². The highest BCUT2D eigenvalue weighted by atomic mass is 32.2. The van der Waals surface area contributed by atoms with Crippen LogP contribution >= 0.6 is 11.8 Å². The number of amides is 1. The van der Waals surface area contributed by atoms with Crippen molar-refractivity contribution in [2.75, 3.05) is 38.4 Å². The van der Waals surface area contributed by atoms with E-state index in [0.29, 0.717) is 23.7 Å². The molecule has 1 fully saturated rings. The normalized spacial score (nSPS) is 14.1. The van der Waals surface area contributed by atoms with E-state index in [2.05, 4.69) is 37.1 Å². The summed E-state index contributed by atoms with van der Waals surface area (Å²) in [5.74, 6) is 2.22. The van der Waals surface area contributed by atoms with Gasteiger partial charge in [-0.1, -0.05) is 48.5 Å². The van der Waals surface area contributed by atoms with E-state index in [1.165, 1.54) is 36.6 Å². The van der Waals surface area contributed by atoms with E-state index in [-0.39, 0.29) is 11.7 Å². The number of hydrogen-bond acceptors (Lipinski definition) is 7. The lowest BCUT2D eigenvalue weighted by atomic mass is 10.1. The third-order valence-corrected chi connectivity index (χ3v) is 6.77. The van der Waals surface area contributed by atoms with Crippen molar-refractivity contribution in [3.8, 4) is 11.5 Å². The maximum absolute atomic E-state index is 12.8. The molecule has 1 aromatic heterocycles. The van der Waals surface area contributed by atoms with E-state index >= 15 is 0 Å². The van der Waals surface area contributed by atoms with Crippen LogP contribution in [0.1, 0.15) is 30.7 Å². The number of nitrogens with one attached hydrogen (secondary N) is 1. The molecule has 34 heavy (non-hydrogen) atoms. The molecular weight excluding hydrogens is 450 g/mol. The van der Waals surface area contributed by atoms with Crippen molar-refractivity contribution in [2.45, 2.75) is 37.5 Å². The summed E-state index contributed by atoms with van der Waals surface area (Å²) in [5, 5.41) is 12.6. The van der Waals surface area contributed by atoms with Crippen molar-refractivity contribution < 1.29 is 14.3 Å². The molecule has 0 aliphatic carbocycles. The smallest absolute Gasteiger partial charge is 0.234 e. The molecule has 4 rings (SSSR count). The van der Waals surface area contributed by atoms with Crippen LogP contribution in [0, 0.1) is 0 Å². The van der Waals surface area contributed by atoms with Crippen LogP contribution in [0.2, 0.25) is 0 Å². The Hall–Kier alpha value is -3.04. The molecule has 9 heteroatoms. The first-order chi connectivity index (χ1) is 16.7. The summed E-state index contributed by atoms with van der Waals surface area (Å²) < 4.78 is 12.8. The van der Waals surface area contributed by atoms with E-state index in [1.54, 1.807) is 32.4 Å². The Labute approximate surface area is 204 Å². The third kappa shape index (κ3) is 6.30. The fraction of sp³-hybridized carbons (Fsp3) is 0.400. The Morgan fingerprint density at radius 3 is 2.53 bits per heavy atom. The number of carbonyl (C=O) groups excluding carboxylic acids is 1. The summed E-state index contributed by atoms with van der Waals surface area (Å²) in [6, 6.07) is 15.6. The van der Waals surface area contributed by atoms with E-state index < -0.39 is 0 Å². The van der Waals surface area contributed by atoms with Gasteiger partial charge < -0.3 is 19.4 Å². The minimum absolute atomic E-state index is 0.150. The molecule has 1 saturated heterocycles. The maximum Gasteiger partial charge on any atom is 0.234 e. The zero-order chi connectivity index (χ0) is 23.8. The summed E-state index contributed by atoms with van der Waals surface area (Å²) in [7, 11) is 3.16. The molecule has 0 unspecified atom stereocenters. The number of rotatable bonds is 10. The van der Waals surface area contributed by atoms with E-state index in [4.69, 9.17) is 9.47 Å². The first kappa shape index (κ1) is 24.1. The van der Waals surface area contributed by atoms with Gasteiger partial charge in [-0.2, -0.15) is 0 Å². The second-order valence-corrected chi connectivity index (χ2v) is 9.15. The number of piperidine rings is 1. The number of hydrogen-bond donors (Lipinski definition) is 1. The number of aromatic nitrogens is 3. The Morgan fingerprint density at radius 2 is 1.79 bits per heavy atom. The molecule has 0 saturated carbocycles. The fourth-order valence-electron chi connectivity index (χ4n) is 4.01. The zero-order valence-electron chi connectivity index (χ0n) is 19.7. The quantitative estimate of drug-likeness (QED) is 0.437. The molecule has 1 aliphatic rings. The average molecular weight is 482 g/mol. The third-order valence-electron chi connectivity index (χ3n) is 5.80. The maximum atomic E-state index is 12.8. The molecule has 1 aliphatic heterocycles. The molecule has 1 N–H and O–H groups in total. The second kappa shape index (κ2) is 11.9. The molecule has 8 nitrogen and oxygen atoms in total. The largest absolute Gasteiger partial charge is 0.497 e. The minimum atomic E-state index is -0.150. The number of methoxy groups -OCH3 is 2. The summed E-state index contributed by atoms with van der Waals surface area (Å²) in [6.07, 6.45) is 3.74. The minimum Gasteiger partial charge on any atom is -0.497 e. The Bertz CT molecular complexity index is 1080. The van der Waals surface area contributed by atoms with E-state index in [1.807, 2.05) is 18.2 Å². The zero-order valence-corrected chi connectivity index (χ0v) is 20.5. The van der Waals surface area contributed by atoms with Crippen LogP contribution in [0.15, 0.2) is 53.7 Å². The standard InChI is InChI=1S/C25H31N5O3S/c1-32-20-11-12-22(33-2)21(15-20)26-24(31)18-34-25-28-27-23(17-29-13-7-4-8-14-29)30(25)16-19-9-5-3-6-10-19/h3,5-6,9-12,15H,4,7-8,13-14,16-18H2,1-2H3,(H,26,31). The van der Waals surface area contributed by atoms with Gasteiger partial charge in [-0.3, -0.25) is 9.69 Å². The van der Waals surface area contributed by atoms with Crippen LogP contribution in [0.25, 0.3) is 0 Å². The first-order valence-electron chi connectivity index (χ1n) is 11.5. The first-order valence-corrected chi connectivity index (χ1v) is 12.5. The number of benzene rings is 2. The average Bonchev–Trinajstić information content (AvgIpc) is 3.24. The number of thioether (sulfide) groups is 1. The number of ether oxygens (including phenoxy) is 2. The van der Waals surface area contributed by atoms with E-state index in [9.17, 15) is 4.79 Å². The van der Waals surface area contributed by atoms with Crippen molar-refractivity contribution in [1.82, 2.24) is 19.7 Å². The molecule has 0 spiro atoms. The van der Waals surface area contributed by atoms with Crippen LogP contribution in [0.5, 0.6) is 11.5 Å². The number of carbonyl (C=O) groups is 1. The second-order valence-electron chi connectivity index (χ2n) is 8.21. The van der Waals surface area contributed by atoms with Crippen molar-refractivity contribution in [3.63, 3.8) is 0 Å². The SMILES string of the molecule is COc1ccc(OC)c(NC(=O)CSc2nnc(CN3CCCCC3)n2Cc2ccccc2)c1. The highest BCUT2D eigenvalue weighted by molar-refractivity contribution is 7.99. The fourth-order valence-corrected chi connectivity index (χ4v) is 4.77. The molecule has 2 heterocycles. The summed E-state index contributed by atoms with van der Waals surface area (Å²) in [4.78, 5) is 15.2. The molecular formula is C25H31N5O3S. The van der Waals surface area contributed by atoms with Gasteiger partial charge in [0, 0.05) is 6.07 Å². The lowest BCUT2D eigenvalue weighted by Crippen LogP contribution is -2.30. The van der Waals surface area contributed by atoms with Crippen LogP contribution in [0.3, 0.4) is 0 Å². The summed E-state index contributed by atoms with van der Waals surface area (Å²) in [6.45, 7) is 3.62. The predicted octanol–water partition coefficient (Wildman–Crippen LogP) is 4.06. The lowest BCUT2D eigenvalue weighted by Gasteiger charge is -2.26. The number of likely N-dealkylation sites (tertiary alicyclic amines) is 1. The Kier molecular flexibility index (Phi) is 8.43. The summed E-state index contributed by atoms with van der Waals surface area (Å²) in [5.41, 5.74) is 1.75. The van der Waals surface area contributed by atoms with Gasteiger partial charge in [0.05, 0.1) is 38.7 Å². The molecule has 0 bridgehead atoms. The van der Waals surface area contributed by atoms with Crippen molar-refractivity contribution in [2.24, 2.45) is 0 Å².